The minimum absolute atomic E-state index is 0.127. The van der Waals surface area contributed by atoms with Crippen LogP contribution in [0.25, 0.3) is 5.69 Å². The number of aromatic nitrogens is 2. The number of rotatable bonds is 2. The molecule has 1 heterocycles. The van der Waals surface area contributed by atoms with Crippen LogP contribution >= 0.6 is 22.6 Å². The number of hydrogen-bond donors (Lipinski definition) is 0. The van der Waals surface area contributed by atoms with Gasteiger partial charge in [-0.3, -0.25) is 4.79 Å². The van der Waals surface area contributed by atoms with E-state index in [0.717, 1.165) is 3.57 Å². The SMILES string of the molecule is Cc1ccn(-c2cc(I)ccc2C(=O)C(F)(F)F)n1. The molecule has 1 aromatic heterocycles. The Bertz CT molecular complexity index is 634. The van der Waals surface area contributed by atoms with E-state index in [0.29, 0.717) is 5.69 Å². The molecule has 19 heavy (non-hydrogen) atoms. The predicted octanol–water partition coefficient (Wildman–Crippen LogP) is 3.53. The molecule has 0 amide bonds. The molecule has 0 N–H and O–H groups in total. The average Bonchev–Trinajstić information content (AvgIpc) is 2.73. The van der Waals surface area contributed by atoms with Gasteiger partial charge in [-0.15, -0.1) is 0 Å². The van der Waals surface area contributed by atoms with Crippen molar-refractivity contribution in [1.29, 1.82) is 0 Å². The van der Waals surface area contributed by atoms with Gasteiger partial charge in [0.1, 0.15) is 0 Å². The van der Waals surface area contributed by atoms with Gasteiger partial charge in [-0.1, -0.05) is 0 Å². The second-order valence-electron chi connectivity index (χ2n) is 3.89. The highest BCUT2D eigenvalue weighted by Crippen LogP contribution is 2.26. The maximum Gasteiger partial charge on any atom is 0.454 e. The number of aryl methyl sites for hydroxylation is 1. The fraction of sp³-hybridized carbons (Fsp3) is 0.167. The van der Waals surface area contributed by atoms with E-state index < -0.39 is 17.5 Å². The minimum atomic E-state index is -4.90. The molecule has 7 heteroatoms. The summed E-state index contributed by atoms with van der Waals surface area (Å²) in [5.41, 5.74) is 0.377. The van der Waals surface area contributed by atoms with Crippen molar-refractivity contribution in [3.63, 3.8) is 0 Å². The molecule has 100 valence electrons. The molecule has 0 radical (unpaired) electrons. The summed E-state index contributed by atoms with van der Waals surface area (Å²) < 4.78 is 39.7. The van der Waals surface area contributed by atoms with E-state index in [1.165, 1.54) is 29.1 Å². The highest BCUT2D eigenvalue weighted by Gasteiger charge is 2.40. The van der Waals surface area contributed by atoms with Crippen LogP contribution in [-0.2, 0) is 0 Å². The topological polar surface area (TPSA) is 34.9 Å². The average molecular weight is 380 g/mol. The molecule has 0 bridgehead atoms. The van der Waals surface area contributed by atoms with Crippen molar-refractivity contribution < 1.29 is 18.0 Å². The summed E-state index contributed by atoms with van der Waals surface area (Å²) in [5, 5.41) is 4.04. The zero-order valence-electron chi connectivity index (χ0n) is 9.70. The molecular weight excluding hydrogens is 372 g/mol. The molecule has 3 nitrogen and oxygen atoms in total. The number of carbonyl (C=O) groups excluding carboxylic acids is 1. The maximum atomic E-state index is 12.6. The van der Waals surface area contributed by atoms with E-state index in [9.17, 15) is 18.0 Å². The van der Waals surface area contributed by atoms with Crippen LogP contribution in [-0.4, -0.2) is 21.7 Å². The van der Waals surface area contributed by atoms with E-state index in [2.05, 4.69) is 5.10 Å². The van der Waals surface area contributed by atoms with E-state index in [-0.39, 0.29) is 5.69 Å². The summed E-state index contributed by atoms with van der Waals surface area (Å²) in [6.07, 6.45) is -3.38. The van der Waals surface area contributed by atoms with Gasteiger partial charge in [-0.25, -0.2) is 4.68 Å². The normalized spacial score (nSPS) is 11.6. The monoisotopic (exact) mass is 380 g/mol. The van der Waals surface area contributed by atoms with Gasteiger partial charge in [-0.05, 0) is 53.8 Å². The van der Waals surface area contributed by atoms with Crippen molar-refractivity contribution in [1.82, 2.24) is 9.78 Å². The van der Waals surface area contributed by atoms with Gasteiger partial charge in [0, 0.05) is 9.77 Å². The van der Waals surface area contributed by atoms with Gasteiger partial charge < -0.3 is 0 Å². The Morgan fingerprint density at radius 3 is 2.53 bits per heavy atom. The van der Waals surface area contributed by atoms with Gasteiger partial charge in [-0.2, -0.15) is 18.3 Å². The summed E-state index contributed by atoms with van der Waals surface area (Å²) in [7, 11) is 0. The Kier molecular flexibility index (Phi) is 3.66. The number of hydrogen-bond acceptors (Lipinski definition) is 2. The van der Waals surface area contributed by atoms with Crippen LogP contribution in [0.3, 0.4) is 0 Å². The summed E-state index contributed by atoms with van der Waals surface area (Å²) >= 11 is 1.97. The summed E-state index contributed by atoms with van der Waals surface area (Å²) in [4.78, 5) is 11.4. The number of halogens is 4. The third-order valence-electron chi connectivity index (χ3n) is 2.43. The third kappa shape index (κ3) is 2.96. The standard InChI is InChI=1S/C12H8F3IN2O/c1-7-4-5-18(17-7)10-6-8(16)2-3-9(10)11(19)12(13,14)15/h2-6H,1H3. The fourth-order valence-corrected chi connectivity index (χ4v) is 2.06. The number of benzene rings is 1. The highest BCUT2D eigenvalue weighted by atomic mass is 127. The van der Waals surface area contributed by atoms with E-state index in [1.807, 2.05) is 22.6 Å². The molecule has 0 aliphatic heterocycles. The lowest BCUT2D eigenvalue weighted by atomic mass is 10.1. The number of alkyl halides is 3. The van der Waals surface area contributed by atoms with E-state index in [4.69, 9.17) is 0 Å². The fourth-order valence-electron chi connectivity index (χ4n) is 1.59. The second kappa shape index (κ2) is 4.95. The highest BCUT2D eigenvalue weighted by molar-refractivity contribution is 14.1. The molecule has 2 aromatic rings. The van der Waals surface area contributed by atoms with E-state index in [1.54, 1.807) is 13.0 Å². The first-order valence-electron chi connectivity index (χ1n) is 5.23. The smallest absolute Gasteiger partial charge is 0.284 e. The van der Waals surface area contributed by atoms with Crippen LogP contribution in [0.2, 0.25) is 0 Å². The minimum Gasteiger partial charge on any atom is -0.284 e. The van der Waals surface area contributed by atoms with Gasteiger partial charge in [0.2, 0.25) is 0 Å². The maximum absolute atomic E-state index is 12.6. The molecule has 0 aliphatic rings. The lowest BCUT2D eigenvalue weighted by Gasteiger charge is -2.11. The van der Waals surface area contributed by atoms with Crippen LogP contribution in [0, 0.1) is 10.5 Å². The predicted molar refractivity (Wildman–Crippen MR) is 71.4 cm³/mol. The summed E-state index contributed by atoms with van der Waals surface area (Å²) in [5.74, 6) is -1.87. The van der Waals surface area contributed by atoms with Crippen LogP contribution in [0.5, 0.6) is 0 Å². The number of nitrogens with zero attached hydrogens (tertiary/aromatic N) is 2. The largest absolute Gasteiger partial charge is 0.454 e. The Morgan fingerprint density at radius 2 is 2.00 bits per heavy atom. The third-order valence-corrected chi connectivity index (χ3v) is 3.10. The van der Waals surface area contributed by atoms with Crippen molar-refractivity contribution in [2.75, 3.05) is 0 Å². The second-order valence-corrected chi connectivity index (χ2v) is 5.14. The molecule has 0 aliphatic carbocycles. The first kappa shape index (κ1) is 14.0. The number of carbonyl (C=O) groups is 1. The molecule has 0 spiro atoms. The number of Topliss-reactive ketones (excluding diaryl/α,β-unsaturated/α-hetero) is 1. The van der Waals surface area contributed by atoms with Crippen molar-refractivity contribution in [2.24, 2.45) is 0 Å². The van der Waals surface area contributed by atoms with Crippen LogP contribution in [0.15, 0.2) is 30.5 Å². The molecule has 0 fully saturated rings. The van der Waals surface area contributed by atoms with Gasteiger partial charge in [0.25, 0.3) is 5.78 Å². The molecule has 0 saturated carbocycles. The van der Waals surface area contributed by atoms with Crippen molar-refractivity contribution >= 4 is 28.4 Å². The Labute approximate surface area is 120 Å². The van der Waals surface area contributed by atoms with Crippen LogP contribution < -0.4 is 0 Å². The summed E-state index contributed by atoms with van der Waals surface area (Å²) in [6, 6.07) is 5.77. The van der Waals surface area contributed by atoms with Crippen LogP contribution in [0.1, 0.15) is 16.1 Å². The molecule has 1 aromatic carbocycles. The van der Waals surface area contributed by atoms with Gasteiger partial charge in [0.15, 0.2) is 0 Å². The number of ketones is 1. The van der Waals surface area contributed by atoms with Crippen molar-refractivity contribution in [2.45, 2.75) is 13.1 Å². The Balaban J connectivity index is 2.60. The first-order valence-corrected chi connectivity index (χ1v) is 6.30. The molecule has 2 rings (SSSR count). The molecule has 0 atom stereocenters. The zero-order chi connectivity index (χ0) is 14.2. The van der Waals surface area contributed by atoms with Crippen LogP contribution in [0.4, 0.5) is 13.2 Å². The first-order chi connectivity index (χ1) is 8.79. The Morgan fingerprint density at radius 1 is 1.32 bits per heavy atom. The van der Waals surface area contributed by atoms with Gasteiger partial charge >= 0.3 is 6.18 Å². The van der Waals surface area contributed by atoms with Crippen molar-refractivity contribution in [3.8, 4) is 5.69 Å². The quantitative estimate of drug-likeness (QED) is 0.590. The lowest BCUT2D eigenvalue weighted by molar-refractivity contribution is -0.0885. The van der Waals surface area contributed by atoms with Gasteiger partial charge in [0.05, 0.1) is 16.9 Å². The lowest BCUT2D eigenvalue weighted by Crippen LogP contribution is -2.24. The molecule has 0 saturated heterocycles. The van der Waals surface area contributed by atoms with Crippen molar-refractivity contribution in [3.05, 3.63) is 45.3 Å². The van der Waals surface area contributed by atoms with E-state index >= 15 is 0 Å². The Hall–Kier alpha value is -1.38. The molecule has 0 unspecified atom stereocenters. The zero-order valence-corrected chi connectivity index (χ0v) is 11.9. The molecular formula is C12H8F3IN2O. The summed E-state index contributed by atoms with van der Waals surface area (Å²) in [6.45, 7) is 1.72.